The number of rotatable bonds is 5. The van der Waals surface area contributed by atoms with Crippen LogP contribution in [0.1, 0.15) is 11.1 Å². The first kappa shape index (κ1) is 15.4. The number of hydrogen-bond donors (Lipinski definition) is 0. The van der Waals surface area contributed by atoms with Gasteiger partial charge in [0, 0.05) is 49.6 Å². The maximum atomic E-state index is 10.8. The number of hydrogen-bond acceptors (Lipinski definition) is 6. The summed E-state index contributed by atoms with van der Waals surface area (Å²) in [6, 6.07) is 7.24. The minimum absolute atomic E-state index is 0.141. The van der Waals surface area contributed by atoms with Gasteiger partial charge in [-0.05, 0) is 19.5 Å². The molecule has 2 aromatic rings. The molecule has 1 aromatic carbocycles. The van der Waals surface area contributed by atoms with Gasteiger partial charge in [-0.15, -0.1) is 0 Å². The SMILES string of the molecule is Cc1cncnc1N1CC(N(C)Cc2cccc([N+](=O)[O-])c2)C1. The third kappa shape index (κ3) is 3.29. The molecule has 7 nitrogen and oxygen atoms in total. The van der Waals surface area contributed by atoms with Crippen LogP contribution in [0.3, 0.4) is 0 Å². The molecule has 0 atom stereocenters. The topological polar surface area (TPSA) is 75.4 Å². The average Bonchev–Trinajstić information content (AvgIpc) is 2.48. The second kappa shape index (κ2) is 6.29. The van der Waals surface area contributed by atoms with Crippen LogP contribution in [0.5, 0.6) is 0 Å². The number of anilines is 1. The molecule has 0 saturated carbocycles. The molecule has 1 saturated heterocycles. The molecule has 7 heteroatoms. The van der Waals surface area contributed by atoms with E-state index in [0.717, 1.165) is 30.0 Å². The molecule has 23 heavy (non-hydrogen) atoms. The summed E-state index contributed by atoms with van der Waals surface area (Å²) in [6.07, 6.45) is 3.39. The van der Waals surface area contributed by atoms with E-state index in [1.54, 1.807) is 18.5 Å². The summed E-state index contributed by atoms with van der Waals surface area (Å²) in [6.45, 7) is 4.52. The molecule has 1 fully saturated rings. The van der Waals surface area contributed by atoms with E-state index >= 15 is 0 Å². The van der Waals surface area contributed by atoms with Gasteiger partial charge in [0.25, 0.3) is 5.69 Å². The average molecular weight is 313 g/mol. The van der Waals surface area contributed by atoms with E-state index in [1.807, 2.05) is 26.2 Å². The van der Waals surface area contributed by atoms with E-state index in [9.17, 15) is 10.1 Å². The standard InChI is InChI=1S/C16H19N5O2/c1-12-7-17-11-18-16(12)20-9-15(10-20)19(2)8-13-4-3-5-14(6-13)21(22)23/h3-7,11,15H,8-10H2,1-2H3. The van der Waals surface area contributed by atoms with Gasteiger partial charge in [-0.25, -0.2) is 9.97 Å². The zero-order valence-corrected chi connectivity index (χ0v) is 13.2. The second-order valence-electron chi connectivity index (χ2n) is 5.93. The van der Waals surface area contributed by atoms with Crippen molar-refractivity contribution in [1.82, 2.24) is 14.9 Å². The highest BCUT2D eigenvalue weighted by Crippen LogP contribution is 2.24. The van der Waals surface area contributed by atoms with Crippen molar-refractivity contribution in [2.45, 2.75) is 19.5 Å². The van der Waals surface area contributed by atoms with Gasteiger partial charge in [0.1, 0.15) is 12.1 Å². The fraction of sp³-hybridized carbons (Fsp3) is 0.375. The molecule has 120 valence electrons. The van der Waals surface area contributed by atoms with E-state index in [2.05, 4.69) is 19.8 Å². The number of likely N-dealkylation sites (N-methyl/N-ethyl adjacent to an activating group) is 1. The summed E-state index contributed by atoms with van der Waals surface area (Å²) < 4.78 is 0. The Morgan fingerprint density at radius 3 is 2.91 bits per heavy atom. The Morgan fingerprint density at radius 1 is 1.43 bits per heavy atom. The lowest BCUT2D eigenvalue weighted by Gasteiger charge is -2.45. The maximum absolute atomic E-state index is 10.8. The van der Waals surface area contributed by atoms with E-state index in [0.29, 0.717) is 12.6 Å². The lowest BCUT2D eigenvalue weighted by atomic mass is 10.1. The number of nitro groups is 1. The number of aryl methyl sites for hydroxylation is 1. The molecule has 0 bridgehead atoms. The Balaban J connectivity index is 1.59. The van der Waals surface area contributed by atoms with Crippen LogP contribution < -0.4 is 4.90 Å². The first-order valence-electron chi connectivity index (χ1n) is 7.49. The summed E-state index contributed by atoms with van der Waals surface area (Å²) >= 11 is 0. The zero-order valence-electron chi connectivity index (χ0n) is 13.2. The van der Waals surface area contributed by atoms with Crippen molar-refractivity contribution in [3.63, 3.8) is 0 Å². The van der Waals surface area contributed by atoms with E-state index in [4.69, 9.17) is 0 Å². The Hall–Kier alpha value is -2.54. The smallest absolute Gasteiger partial charge is 0.269 e. The quantitative estimate of drug-likeness (QED) is 0.621. The minimum atomic E-state index is -0.355. The Bertz CT molecular complexity index is 715. The van der Waals surface area contributed by atoms with Gasteiger partial charge in [-0.2, -0.15) is 0 Å². The largest absolute Gasteiger partial charge is 0.353 e. The first-order valence-corrected chi connectivity index (χ1v) is 7.49. The van der Waals surface area contributed by atoms with Gasteiger partial charge in [0.05, 0.1) is 4.92 Å². The number of nitrogens with zero attached hydrogens (tertiary/aromatic N) is 5. The maximum Gasteiger partial charge on any atom is 0.269 e. The fourth-order valence-corrected chi connectivity index (χ4v) is 2.82. The van der Waals surface area contributed by atoms with Gasteiger partial charge in [-0.1, -0.05) is 12.1 Å². The third-order valence-corrected chi connectivity index (χ3v) is 4.21. The molecule has 1 aromatic heterocycles. The van der Waals surface area contributed by atoms with Crippen molar-refractivity contribution in [1.29, 1.82) is 0 Å². The molecule has 2 heterocycles. The van der Waals surface area contributed by atoms with Crippen molar-refractivity contribution in [2.75, 3.05) is 25.0 Å². The van der Waals surface area contributed by atoms with Crippen LogP contribution >= 0.6 is 0 Å². The molecule has 0 unspecified atom stereocenters. The predicted molar refractivity (Wildman–Crippen MR) is 87.3 cm³/mol. The molecule has 3 rings (SSSR count). The summed E-state index contributed by atoms with van der Waals surface area (Å²) in [5.74, 6) is 0.986. The molecule has 0 N–H and O–H groups in total. The van der Waals surface area contributed by atoms with Crippen LogP contribution in [0.25, 0.3) is 0 Å². The second-order valence-corrected chi connectivity index (χ2v) is 5.93. The summed E-state index contributed by atoms with van der Waals surface area (Å²) in [5.41, 5.74) is 2.17. The Kier molecular flexibility index (Phi) is 4.20. The highest BCUT2D eigenvalue weighted by atomic mass is 16.6. The minimum Gasteiger partial charge on any atom is -0.353 e. The van der Waals surface area contributed by atoms with Gasteiger partial charge >= 0.3 is 0 Å². The van der Waals surface area contributed by atoms with Crippen LogP contribution in [0.4, 0.5) is 11.5 Å². The zero-order chi connectivity index (χ0) is 16.4. The first-order chi connectivity index (χ1) is 11.0. The molecule has 0 aliphatic carbocycles. The van der Waals surface area contributed by atoms with E-state index < -0.39 is 0 Å². The highest BCUT2D eigenvalue weighted by molar-refractivity contribution is 5.47. The highest BCUT2D eigenvalue weighted by Gasteiger charge is 2.31. The molecule has 0 spiro atoms. The van der Waals surface area contributed by atoms with Crippen molar-refractivity contribution in [2.24, 2.45) is 0 Å². The lowest BCUT2D eigenvalue weighted by molar-refractivity contribution is -0.384. The summed E-state index contributed by atoms with van der Waals surface area (Å²) in [7, 11) is 2.05. The fourth-order valence-electron chi connectivity index (χ4n) is 2.82. The van der Waals surface area contributed by atoms with Crippen molar-refractivity contribution in [3.8, 4) is 0 Å². The Morgan fingerprint density at radius 2 is 2.22 bits per heavy atom. The van der Waals surface area contributed by atoms with Crippen LogP contribution in [0.15, 0.2) is 36.8 Å². The van der Waals surface area contributed by atoms with Crippen molar-refractivity contribution >= 4 is 11.5 Å². The molecule has 1 aliphatic heterocycles. The number of non-ortho nitro benzene ring substituents is 1. The van der Waals surface area contributed by atoms with Crippen molar-refractivity contribution < 1.29 is 4.92 Å². The summed E-state index contributed by atoms with van der Waals surface area (Å²) in [5, 5.41) is 10.8. The predicted octanol–water partition coefficient (Wildman–Crippen LogP) is 2.01. The van der Waals surface area contributed by atoms with Crippen LogP contribution in [0, 0.1) is 17.0 Å². The molecule has 0 amide bonds. The molecule has 0 radical (unpaired) electrons. The van der Waals surface area contributed by atoms with Crippen LogP contribution in [0.2, 0.25) is 0 Å². The number of aromatic nitrogens is 2. The summed E-state index contributed by atoms with van der Waals surface area (Å²) in [4.78, 5) is 23.3. The molecule has 1 aliphatic rings. The van der Waals surface area contributed by atoms with Crippen LogP contribution in [-0.2, 0) is 6.54 Å². The van der Waals surface area contributed by atoms with Crippen molar-refractivity contribution in [3.05, 3.63) is 58.0 Å². The van der Waals surface area contributed by atoms with Gasteiger partial charge in [0.15, 0.2) is 0 Å². The molecular formula is C16H19N5O2. The van der Waals surface area contributed by atoms with Gasteiger partial charge in [0.2, 0.25) is 0 Å². The van der Waals surface area contributed by atoms with Gasteiger partial charge < -0.3 is 4.90 Å². The lowest BCUT2D eigenvalue weighted by Crippen LogP contribution is -2.58. The number of benzene rings is 1. The van der Waals surface area contributed by atoms with Crippen LogP contribution in [-0.4, -0.2) is 46.0 Å². The number of nitro benzene ring substituents is 1. The Labute approximate surface area is 134 Å². The van der Waals surface area contributed by atoms with E-state index in [1.165, 1.54) is 6.07 Å². The van der Waals surface area contributed by atoms with Gasteiger partial charge in [-0.3, -0.25) is 15.0 Å². The molecular weight excluding hydrogens is 294 g/mol. The van der Waals surface area contributed by atoms with E-state index in [-0.39, 0.29) is 10.6 Å². The normalized spacial score (nSPS) is 14.8. The third-order valence-electron chi connectivity index (χ3n) is 4.21. The monoisotopic (exact) mass is 313 g/mol.